The molecule has 2 aromatic carbocycles. The molecule has 8 nitrogen and oxygen atoms in total. The predicted octanol–water partition coefficient (Wildman–Crippen LogP) is 3.18. The highest BCUT2D eigenvalue weighted by molar-refractivity contribution is 6.91. The molecule has 2 aromatic rings. The number of anilines is 1. The number of fused-ring (bicyclic) bond motifs is 2. The number of hydrogen-bond acceptors (Lipinski definition) is 6. The number of aliphatic hydroxyl groups excluding tert-OH is 1. The van der Waals surface area contributed by atoms with Crippen LogP contribution in [0.2, 0.25) is 18.6 Å². The lowest BCUT2D eigenvalue weighted by Gasteiger charge is -2.37. The van der Waals surface area contributed by atoms with Crippen LogP contribution in [0.3, 0.4) is 0 Å². The van der Waals surface area contributed by atoms with E-state index in [-0.39, 0.29) is 35.8 Å². The van der Waals surface area contributed by atoms with Gasteiger partial charge in [-0.15, -0.1) is 0 Å². The zero-order valence-electron chi connectivity index (χ0n) is 19.6. The summed E-state index contributed by atoms with van der Waals surface area (Å²) in [5.41, 5.74) is -0.204. The Balaban J connectivity index is 1.85. The number of aliphatic hydroxyl groups is 1. The molecule has 0 aromatic heterocycles. The van der Waals surface area contributed by atoms with Gasteiger partial charge in [-0.1, -0.05) is 37.3 Å². The van der Waals surface area contributed by atoms with Gasteiger partial charge in [0.2, 0.25) is 0 Å². The summed E-state index contributed by atoms with van der Waals surface area (Å²) in [5, 5.41) is 22.5. The lowest BCUT2D eigenvalue weighted by Crippen LogP contribution is -2.51. The Hall–Kier alpha value is -2.75. The molecule has 1 saturated heterocycles. The van der Waals surface area contributed by atoms with Crippen LogP contribution in [0.1, 0.15) is 18.9 Å². The van der Waals surface area contributed by atoms with Crippen molar-refractivity contribution in [2.75, 3.05) is 25.7 Å². The summed E-state index contributed by atoms with van der Waals surface area (Å²) >= 11 is 0. The van der Waals surface area contributed by atoms with Crippen LogP contribution in [0.15, 0.2) is 42.5 Å². The second kappa shape index (κ2) is 8.23. The van der Waals surface area contributed by atoms with E-state index in [4.69, 9.17) is 9.47 Å². The zero-order chi connectivity index (χ0) is 24.1. The third-order valence-electron chi connectivity index (χ3n) is 7.57. The van der Waals surface area contributed by atoms with Crippen molar-refractivity contribution in [2.24, 2.45) is 5.92 Å². The maximum Gasteiger partial charge on any atom is 0.269 e. The fourth-order valence-electron chi connectivity index (χ4n) is 5.92. The summed E-state index contributed by atoms with van der Waals surface area (Å²) in [5.74, 6) is 0.322. The standard InChI is InChI=1S/C24H30N2O6Si/c1-15-22(33(4,5)18-9-7-17(31-3)8-10-18)21(12-13-27)32-24(15)19-14-16(26(29)30)6-11-20(19)25(2)23(24)28/h6-11,14-15,21-22,27H,12-13H2,1-5H3/t15-,21+,22-,24+/m1/s1. The van der Waals surface area contributed by atoms with E-state index in [2.05, 4.69) is 25.2 Å². The molecule has 4 rings (SSSR count). The number of hydrogen-bond donors (Lipinski definition) is 1. The number of carbonyl (C=O) groups is 1. The number of nitro benzene ring substituents is 1. The Morgan fingerprint density at radius 1 is 1.24 bits per heavy atom. The van der Waals surface area contributed by atoms with E-state index >= 15 is 0 Å². The Kier molecular flexibility index (Phi) is 5.84. The van der Waals surface area contributed by atoms with Crippen LogP contribution in [0.5, 0.6) is 5.75 Å². The molecule has 0 bridgehead atoms. The van der Waals surface area contributed by atoms with Crippen LogP contribution in [0, 0.1) is 16.0 Å². The topological polar surface area (TPSA) is 102 Å². The van der Waals surface area contributed by atoms with Crippen LogP contribution in [0.25, 0.3) is 0 Å². The average molecular weight is 471 g/mol. The third kappa shape index (κ3) is 3.37. The minimum absolute atomic E-state index is 0.000562. The molecule has 0 aliphatic carbocycles. The van der Waals surface area contributed by atoms with Gasteiger partial charge in [0.1, 0.15) is 5.75 Å². The van der Waals surface area contributed by atoms with E-state index in [1.807, 2.05) is 19.1 Å². The van der Waals surface area contributed by atoms with E-state index in [1.165, 1.54) is 22.2 Å². The van der Waals surface area contributed by atoms with Crippen molar-refractivity contribution < 1.29 is 24.3 Å². The number of non-ortho nitro benzene ring substituents is 1. The largest absolute Gasteiger partial charge is 0.497 e. The first-order valence-electron chi connectivity index (χ1n) is 11.1. The van der Waals surface area contributed by atoms with Crippen molar-refractivity contribution in [3.8, 4) is 5.75 Å². The van der Waals surface area contributed by atoms with Gasteiger partial charge < -0.3 is 19.5 Å². The van der Waals surface area contributed by atoms with Crippen molar-refractivity contribution in [3.05, 3.63) is 58.1 Å². The molecule has 1 N–H and O–H groups in total. The van der Waals surface area contributed by atoms with Crippen molar-refractivity contribution in [1.82, 2.24) is 0 Å². The first-order valence-corrected chi connectivity index (χ1v) is 14.2. The van der Waals surface area contributed by atoms with Crippen molar-refractivity contribution in [3.63, 3.8) is 0 Å². The minimum atomic E-state index is -2.24. The SMILES string of the molecule is COc1ccc([Si](C)(C)[C@H]2[C@H](CCO)O[C@@]3(C(=O)N(C)c4ccc([N+](=O)[O-])cc43)[C@@H]2C)cc1. The maximum absolute atomic E-state index is 13.7. The van der Waals surface area contributed by atoms with E-state index in [0.717, 1.165) is 5.75 Å². The monoisotopic (exact) mass is 470 g/mol. The van der Waals surface area contributed by atoms with Gasteiger partial charge in [0.05, 0.1) is 31.9 Å². The van der Waals surface area contributed by atoms with Crippen LogP contribution in [-0.4, -0.2) is 50.9 Å². The van der Waals surface area contributed by atoms with E-state index < -0.39 is 18.6 Å². The Labute approximate surface area is 194 Å². The normalized spacial score (nSPS) is 26.7. The van der Waals surface area contributed by atoms with Gasteiger partial charge >= 0.3 is 0 Å². The van der Waals surface area contributed by atoms with Crippen LogP contribution in [-0.2, 0) is 15.1 Å². The predicted molar refractivity (Wildman–Crippen MR) is 128 cm³/mol. The molecule has 0 unspecified atom stereocenters. The molecular formula is C24H30N2O6Si. The van der Waals surface area contributed by atoms with Crippen molar-refractivity contribution in [2.45, 2.75) is 43.7 Å². The first kappa shape index (κ1) is 23.4. The van der Waals surface area contributed by atoms with Crippen molar-refractivity contribution in [1.29, 1.82) is 0 Å². The molecular weight excluding hydrogens is 440 g/mol. The summed E-state index contributed by atoms with van der Waals surface area (Å²) in [6.07, 6.45) is 0.0428. The van der Waals surface area contributed by atoms with E-state index in [0.29, 0.717) is 17.7 Å². The summed E-state index contributed by atoms with van der Waals surface area (Å²) in [7, 11) is 1.06. The lowest BCUT2D eigenvalue weighted by atomic mass is 9.82. The lowest BCUT2D eigenvalue weighted by molar-refractivity contribution is -0.385. The Morgan fingerprint density at radius 3 is 2.48 bits per heavy atom. The minimum Gasteiger partial charge on any atom is -0.497 e. The van der Waals surface area contributed by atoms with E-state index in [1.54, 1.807) is 20.2 Å². The van der Waals surface area contributed by atoms with Crippen molar-refractivity contribution >= 4 is 30.5 Å². The summed E-state index contributed by atoms with van der Waals surface area (Å²) < 4.78 is 11.9. The molecule has 176 valence electrons. The molecule has 1 fully saturated rings. The zero-order valence-corrected chi connectivity index (χ0v) is 20.6. The second-order valence-electron chi connectivity index (χ2n) is 9.49. The highest BCUT2D eigenvalue weighted by Gasteiger charge is 2.65. The number of nitro groups is 1. The van der Waals surface area contributed by atoms with Gasteiger partial charge in [0.25, 0.3) is 11.6 Å². The fraction of sp³-hybridized carbons (Fsp3) is 0.458. The molecule has 0 saturated carbocycles. The first-order chi connectivity index (χ1) is 15.6. The third-order valence-corrected chi connectivity index (χ3v) is 11.9. The number of carbonyl (C=O) groups excluding carboxylic acids is 1. The molecule has 1 spiro atoms. The maximum atomic E-state index is 13.7. The molecule has 1 amide bonds. The Morgan fingerprint density at radius 2 is 1.91 bits per heavy atom. The van der Waals surface area contributed by atoms with Crippen LogP contribution in [0.4, 0.5) is 11.4 Å². The number of benzene rings is 2. The molecule has 0 radical (unpaired) electrons. The Bertz CT molecular complexity index is 1090. The summed E-state index contributed by atoms with van der Waals surface area (Å²) in [6.45, 7) is 6.45. The van der Waals surface area contributed by atoms with Crippen LogP contribution >= 0.6 is 0 Å². The number of nitrogens with zero attached hydrogens (tertiary/aromatic N) is 2. The molecule has 2 aliphatic heterocycles. The van der Waals surface area contributed by atoms with Gasteiger partial charge in [-0.3, -0.25) is 14.9 Å². The molecule has 2 aliphatic rings. The van der Waals surface area contributed by atoms with Gasteiger partial charge in [-0.05, 0) is 30.2 Å². The number of methoxy groups -OCH3 is 1. The van der Waals surface area contributed by atoms with Gasteiger partial charge in [-0.2, -0.15) is 0 Å². The van der Waals surface area contributed by atoms with E-state index in [9.17, 15) is 20.0 Å². The quantitative estimate of drug-likeness (QED) is 0.395. The molecule has 33 heavy (non-hydrogen) atoms. The average Bonchev–Trinajstić information content (AvgIpc) is 3.21. The number of likely N-dealkylation sites (N-methyl/N-ethyl adjacent to an activating group) is 1. The molecule has 4 atom stereocenters. The fourth-order valence-corrected chi connectivity index (χ4v) is 9.98. The van der Waals surface area contributed by atoms with Gasteiger partial charge in [0, 0.05) is 37.3 Å². The number of ether oxygens (including phenoxy) is 2. The summed E-state index contributed by atoms with van der Waals surface area (Å²) in [4.78, 5) is 26.3. The number of rotatable bonds is 6. The smallest absolute Gasteiger partial charge is 0.269 e. The van der Waals surface area contributed by atoms with Gasteiger partial charge in [-0.25, -0.2) is 0 Å². The highest BCUT2D eigenvalue weighted by atomic mass is 28.3. The second-order valence-corrected chi connectivity index (χ2v) is 14.2. The molecule has 9 heteroatoms. The number of amides is 1. The van der Waals surface area contributed by atoms with Crippen LogP contribution < -0.4 is 14.8 Å². The summed E-state index contributed by atoms with van der Waals surface area (Å²) in [6, 6.07) is 12.5. The van der Waals surface area contributed by atoms with Gasteiger partial charge in [0.15, 0.2) is 5.60 Å². The highest BCUT2D eigenvalue weighted by Crippen LogP contribution is 2.59. The molecule has 2 heterocycles.